The fourth-order valence-corrected chi connectivity index (χ4v) is 2.07. The lowest BCUT2D eigenvalue weighted by Gasteiger charge is -2.11. The molecule has 0 aliphatic carbocycles. The van der Waals surface area contributed by atoms with Crippen LogP contribution in [0.25, 0.3) is 0 Å². The third-order valence-electron chi connectivity index (χ3n) is 1.57. The fourth-order valence-electron chi connectivity index (χ4n) is 0.888. The van der Waals surface area contributed by atoms with Crippen LogP contribution in [0.3, 0.4) is 0 Å². The van der Waals surface area contributed by atoms with Crippen molar-refractivity contribution < 1.29 is 5.11 Å². The van der Waals surface area contributed by atoms with Gasteiger partial charge in [-0.25, -0.2) is 0 Å². The van der Waals surface area contributed by atoms with E-state index in [4.69, 9.17) is 22.4 Å². The van der Waals surface area contributed by atoms with Gasteiger partial charge in [-0.15, -0.1) is 11.8 Å². The molecule has 1 aromatic rings. The molecule has 0 bridgehead atoms. The summed E-state index contributed by atoms with van der Waals surface area (Å²) in [6.45, 7) is 2.04. The zero-order chi connectivity index (χ0) is 9.84. The van der Waals surface area contributed by atoms with Crippen LogP contribution < -0.4 is 5.73 Å². The van der Waals surface area contributed by atoms with Gasteiger partial charge in [0.25, 0.3) is 0 Å². The number of benzene rings is 1. The maximum absolute atomic E-state index is 8.87. The molecule has 0 radical (unpaired) electrons. The minimum atomic E-state index is 0.113. The first kappa shape index (κ1) is 10.7. The van der Waals surface area contributed by atoms with Crippen molar-refractivity contribution in [3.05, 3.63) is 23.2 Å². The lowest BCUT2D eigenvalue weighted by Crippen LogP contribution is -2.02. The third kappa shape index (κ3) is 2.79. The molecule has 72 valence electrons. The van der Waals surface area contributed by atoms with Gasteiger partial charge in [0.1, 0.15) is 0 Å². The molecule has 0 fully saturated rings. The number of nitrogen functional groups attached to an aromatic ring is 1. The zero-order valence-corrected chi connectivity index (χ0v) is 8.90. The van der Waals surface area contributed by atoms with E-state index in [2.05, 4.69) is 0 Å². The summed E-state index contributed by atoms with van der Waals surface area (Å²) in [5, 5.41) is 9.63. The minimum absolute atomic E-state index is 0.113. The predicted octanol–water partition coefficient (Wildman–Crippen LogP) is 2.40. The Morgan fingerprint density at radius 1 is 1.62 bits per heavy atom. The van der Waals surface area contributed by atoms with Gasteiger partial charge in [-0.1, -0.05) is 24.6 Å². The molecule has 0 aliphatic rings. The smallest absolute Gasteiger partial charge is 0.0562 e. The Bertz CT molecular complexity index is 273. The van der Waals surface area contributed by atoms with E-state index in [1.165, 1.54) is 11.8 Å². The number of thioether (sulfide) groups is 1. The van der Waals surface area contributed by atoms with E-state index in [-0.39, 0.29) is 11.9 Å². The number of hydrogen-bond acceptors (Lipinski definition) is 3. The van der Waals surface area contributed by atoms with Gasteiger partial charge in [-0.2, -0.15) is 0 Å². The van der Waals surface area contributed by atoms with Crippen LogP contribution in [0.5, 0.6) is 0 Å². The molecular formula is C9H12ClNOS. The van der Waals surface area contributed by atoms with Crippen LogP contribution in [0.15, 0.2) is 23.1 Å². The van der Waals surface area contributed by atoms with Gasteiger partial charge >= 0.3 is 0 Å². The van der Waals surface area contributed by atoms with Crippen molar-refractivity contribution in [1.82, 2.24) is 0 Å². The maximum atomic E-state index is 8.87. The monoisotopic (exact) mass is 217 g/mol. The lowest BCUT2D eigenvalue weighted by atomic mass is 10.3. The molecule has 3 N–H and O–H groups in total. The fraction of sp³-hybridized carbons (Fsp3) is 0.333. The summed E-state index contributed by atoms with van der Waals surface area (Å²) in [6.07, 6.45) is 0. The number of halogens is 1. The predicted molar refractivity (Wildman–Crippen MR) is 58.3 cm³/mol. The average molecular weight is 218 g/mol. The topological polar surface area (TPSA) is 46.2 Å². The average Bonchev–Trinajstić information content (AvgIpc) is 2.11. The van der Waals surface area contributed by atoms with E-state index in [1.807, 2.05) is 13.0 Å². The van der Waals surface area contributed by atoms with Crippen molar-refractivity contribution in [3.8, 4) is 0 Å². The normalized spacial score (nSPS) is 12.8. The van der Waals surface area contributed by atoms with Crippen LogP contribution in [-0.2, 0) is 0 Å². The Balaban J connectivity index is 2.87. The van der Waals surface area contributed by atoms with Gasteiger partial charge in [-0.05, 0) is 12.1 Å². The summed E-state index contributed by atoms with van der Waals surface area (Å²) in [6, 6.07) is 5.41. The quantitative estimate of drug-likeness (QED) is 0.604. The summed E-state index contributed by atoms with van der Waals surface area (Å²) in [5.74, 6) is 0. The highest BCUT2D eigenvalue weighted by Gasteiger charge is 2.09. The highest BCUT2D eigenvalue weighted by Crippen LogP contribution is 2.34. The molecule has 1 aromatic carbocycles. The van der Waals surface area contributed by atoms with E-state index in [0.29, 0.717) is 10.7 Å². The molecule has 13 heavy (non-hydrogen) atoms. The van der Waals surface area contributed by atoms with Crippen LogP contribution in [0.4, 0.5) is 5.69 Å². The van der Waals surface area contributed by atoms with E-state index < -0.39 is 0 Å². The number of nitrogens with two attached hydrogens (primary N) is 1. The number of anilines is 1. The van der Waals surface area contributed by atoms with Gasteiger partial charge < -0.3 is 10.8 Å². The lowest BCUT2D eigenvalue weighted by molar-refractivity contribution is 0.300. The Labute approximate surface area is 87.1 Å². The summed E-state index contributed by atoms with van der Waals surface area (Å²) in [7, 11) is 0. The van der Waals surface area contributed by atoms with Crippen molar-refractivity contribution in [2.45, 2.75) is 17.1 Å². The molecular weight excluding hydrogens is 206 g/mol. The molecule has 0 amide bonds. The second kappa shape index (κ2) is 4.74. The molecule has 4 heteroatoms. The first-order valence-electron chi connectivity index (χ1n) is 3.96. The molecule has 0 aliphatic heterocycles. The van der Waals surface area contributed by atoms with Gasteiger partial charge in [0.15, 0.2) is 0 Å². The van der Waals surface area contributed by atoms with Gasteiger partial charge in [0, 0.05) is 15.8 Å². The van der Waals surface area contributed by atoms with Crippen LogP contribution in [0.1, 0.15) is 6.92 Å². The van der Waals surface area contributed by atoms with Crippen molar-refractivity contribution in [1.29, 1.82) is 0 Å². The van der Waals surface area contributed by atoms with Crippen molar-refractivity contribution >= 4 is 29.1 Å². The highest BCUT2D eigenvalue weighted by atomic mass is 35.5. The third-order valence-corrected chi connectivity index (χ3v) is 3.24. The first-order chi connectivity index (χ1) is 6.15. The van der Waals surface area contributed by atoms with E-state index in [0.717, 1.165) is 4.90 Å². The molecule has 0 saturated carbocycles. The number of hydrogen-bond donors (Lipinski definition) is 2. The first-order valence-corrected chi connectivity index (χ1v) is 5.22. The summed E-state index contributed by atoms with van der Waals surface area (Å²) < 4.78 is 0. The van der Waals surface area contributed by atoms with Crippen LogP contribution in [0.2, 0.25) is 5.02 Å². The zero-order valence-electron chi connectivity index (χ0n) is 7.33. The van der Waals surface area contributed by atoms with Crippen LogP contribution in [-0.4, -0.2) is 17.0 Å². The number of aliphatic hydroxyl groups excluding tert-OH is 1. The maximum Gasteiger partial charge on any atom is 0.0562 e. The number of aliphatic hydroxyl groups is 1. The second-order valence-electron chi connectivity index (χ2n) is 2.77. The molecule has 1 atom stereocenters. The van der Waals surface area contributed by atoms with Gasteiger partial charge in [0.05, 0.1) is 11.6 Å². The molecule has 0 heterocycles. The SMILES string of the molecule is CC(CO)Sc1c(N)cccc1Cl. The largest absolute Gasteiger partial charge is 0.398 e. The van der Waals surface area contributed by atoms with Crippen LogP contribution in [0, 0.1) is 0 Å². The van der Waals surface area contributed by atoms with Gasteiger partial charge in [-0.3, -0.25) is 0 Å². The molecule has 0 spiro atoms. The Morgan fingerprint density at radius 2 is 2.31 bits per heavy atom. The van der Waals surface area contributed by atoms with Crippen molar-refractivity contribution in [2.24, 2.45) is 0 Å². The minimum Gasteiger partial charge on any atom is -0.398 e. The molecule has 2 nitrogen and oxygen atoms in total. The van der Waals surface area contributed by atoms with Crippen molar-refractivity contribution in [3.63, 3.8) is 0 Å². The van der Waals surface area contributed by atoms with Crippen LogP contribution >= 0.6 is 23.4 Å². The molecule has 0 saturated heterocycles. The molecule has 1 rings (SSSR count). The van der Waals surface area contributed by atoms with Gasteiger partial charge in [0.2, 0.25) is 0 Å². The Kier molecular flexibility index (Phi) is 3.90. The molecule has 0 aromatic heterocycles. The standard InChI is InChI=1S/C9H12ClNOS/c1-6(5-12)13-9-7(10)3-2-4-8(9)11/h2-4,6,12H,5,11H2,1H3. The van der Waals surface area contributed by atoms with E-state index in [9.17, 15) is 0 Å². The molecule has 1 unspecified atom stereocenters. The Hall–Kier alpha value is -0.380. The summed E-state index contributed by atoms with van der Waals surface area (Å²) in [4.78, 5) is 0.853. The highest BCUT2D eigenvalue weighted by molar-refractivity contribution is 8.00. The Morgan fingerprint density at radius 3 is 2.85 bits per heavy atom. The summed E-state index contributed by atoms with van der Waals surface area (Å²) >= 11 is 7.44. The summed E-state index contributed by atoms with van der Waals surface area (Å²) in [5.41, 5.74) is 6.40. The second-order valence-corrected chi connectivity index (χ2v) is 4.63. The van der Waals surface area contributed by atoms with E-state index in [1.54, 1.807) is 12.1 Å². The van der Waals surface area contributed by atoms with Crippen molar-refractivity contribution in [2.75, 3.05) is 12.3 Å². The van der Waals surface area contributed by atoms with E-state index >= 15 is 0 Å². The number of rotatable bonds is 3.